The maximum absolute atomic E-state index is 12.8. The maximum Gasteiger partial charge on any atom is 0.358 e. The summed E-state index contributed by atoms with van der Waals surface area (Å²) in [6.07, 6.45) is 0.700. The van der Waals surface area contributed by atoms with Crippen LogP contribution in [0, 0.1) is 6.92 Å². The van der Waals surface area contributed by atoms with Gasteiger partial charge < -0.3 is 14.1 Å². The third-order valence-electron chi connectivity index (χ3n) is 5.29. The zero-order chi connectivity index (χ0) is 21.8. The van der Waals surface area contributed by atoms with Crippen LogP contribution in [0.2, 0.25) is 0 Å². The van der Waals surface area contributed by atoms with Gasteiger partial charge in [0.1, 0.15) is 0 Å². The standard InChI is InChI=1S/C23H25N3O4S/c1-16(30-23(28)20-17(2)31-21(24-20)19-9-6-14-29-19)22(27)26-12-10-25(11-13-26)15-18-7-4-3-5-8-18/h3-9,14,16H,10-13,15H2,1-2H3. The number of aryl methyl sites for hydroxylation is 1. The fourth-order valence-corrected chi connectivity index (χ4v) is 4.45. The summed E-state index contributed by atoms with van der Waals surface area (Å²) in [7, 11) is 0. The highest BCUT2D eigenvalue weighted by molar-refractivity contribution is 7.15. The Morgan fingerprint density at radius 1 is 1.13 bits per heavy atom. The van der Waals surface area contributed by atoms with Crippen LogP contribution in [-0.4, -0.2) is 58.9 Å². The maximum atomic E-state index is 12.8. The zero-order valence-corrected chi connectivity index (χ0v) is 18.4. The molecule has 1 aliphatic heterocycles. The predicted molar refractivity (Wildman–Crippen MR) is 118 cm³/mol. The summed E-state index contributed by atoms with van der Waals surface area (Å²) in [5.41, 5.74) is 1.49. The lowest BCUT2D eigenvalue weighted by molar-refractivity contribution is -0.141. The Balaban J connectivity index is 1.30. The molecule has 3 heterocycles. The number of piperazine rings is 1. The molecule has 0 bridgehead atoms. The summed E-state index contributed by atoms with van der Waals surface area (Å²) in [5, 5.41) is 0.614. The number of amides is 1. The summed E-state index contributed by atoms with van der Waals surface area (Å²) in [6, 6.07) is 13.8. The van der Waals surface area contributed by atoms with Crippen LogP contribution in [0.1, 0.15) is 27.9 Å². The van der Waals surface area contributed by atoms with E-state index in [0.717, 1.165) is 24.5 Å². The van der Waals surface area contributed by atoms with E-state index in [1.54, 1.807) is 37.1 Å². The first-order valence-electron chi connectivity index (χ1n) is 10.3. The minimum Gasteiger partial charge on any atom is -0.462 e. The van der Waals surface area contributed by atoms with Gasteiger partial charge in [0.15, 0.2) is 22.6 Å². The number of benzene rings is 1. The van der Waals surface area contributed by atoms with E-state index in [1.165, 1.54) is 16.9 Å². The van der Waals surface area contributed by atoms with Crippen molar-refractivity contribution in [2.75, 3.05) is 26.2 Å². The topological polar surface area (TPSA) is 75.9 Å². The molecule has 0 N–H and O–H groups in total. The molecule has 7 nitrogen and oxygen atoms in total. The van der Waals surface area contributed by atoms with Crippen LogP contribution in [0.3, 0.4) is 0 Å². The van der Waals surface area contributed by atoms with E-state index >= 15 is 0 Å². The van der Waals surface area contributed by atoms with Gasteiger partial charge in [-0.1, -0.05) is 30.3 Å². The Morgan fingerprint density at radius 3 is 2.55 bits per heavy atom. The lowest BCUT2D eigenvalue weighted by atomic mass is 10.2. The Kier molecular flexibility index (Phi) is 6.48. The van der Waals surface area contributed by atoms with Gasteiger partial charge in [-0.3, -0.25) is 9.69 Å². The minimum atomic E-state index is -0.860. The van der Waals surface area contributed by atoms with Crippen molar-refractivity contribution in [3.05, 3.63) is 64.9 Å². The fraction of sp³-hybridized carbons (Fsp3) is 0.348. The molecule has 0 radical (unpaired) electrons. The third kappa shape index (κ3) is 5.03. The summed E-state index contributed by atoms with van der Waals surface area (Å²) in [5.74, 6) is -0.161. The second-order valence-corrected chi connectivity index (χ2v) is 8.74. The molecular weight excluding hydrogens is 414 g/mol. The lowest BCUT2D eigenvalue weighted by Gasteiger charge is -2.35. The smallest absolute Gasteiger partial charge is 0.358 e. The Labute approximate surface area is 185 Å². The lowest BCUT2D eigenvalue weighted by Crippen LogP contribution is -2.51. The number of rotatable bonds is 6. The molecule has 4 rings (SSSR count). The van der Waals surface area contributed by atoms with Gasteiger partial charge in [0.05, 0.1) is 6.26 Å². The van der Waals surface area contributed by atoms with Gasteiger partial charge in [-0.2, -0.15) is 0 Å². The van der Waals surface area contributed by atoms with Crippen LogP contribution in [0.25, 0.3) is 10.8 Å². The highest BCUT2D eigenvalue weighted by Crippen LogP contribution is 2.28. The van der Waals surface area contributed by atoms with Gasteiger partial charge in [0.25, 0.3) is 5.91 Å². The largest absolute Gasteiger partial charge is 0.462 e. The van der Waals surface area contributed by atoms with Crippen molar-refractivity contribution in [3.8, 4) is 10.8 Å². The Morgan fingerprint density at radius 2 is 1.87 bits per heavy atom. The fourth-order valence-electron chi connectivity index (χ4n) is 3.58. The summed E-state index contributed by atoms with van der Waals surface area (Å²) >= 11 is 1.36. The first kappa shape index (κ1) is 21.3. The quantitative estimate of drug-likeness (QED) is 0.546. The van der Waals surface area contributed by atoms with Gasteiger partial charge in [0.2, 0.25) is 0 Å². The zero-order valence-electron chi connectivity index (χ0n) is 17.6. The molecule has 1 unspecified atom stereocenters. The van der Waals surface area contributed by atoms with Crippen molar-refractivity contribution in [1.82, 2.24) is 14.8 Å². The molecular formula is C23H25N3O4S. The molecule has 1 aliphatic rings. The number of esters is 1. The molecule has 0 aliphatic carbocycles. The van der Waals surface area contributed by atoms with Gasteiger partial charge in [-0.25, -0.2) is 9.78 Å². The van der Waals surface area contributed by atoms with Crippen LogP contribution in [0.5, 0.6) is 0 Å². The summed E-state index contributed by atoms with van der Waals surface area (Å²) in [4.78, 5) is 34.6. The number of thiazole rings is 1. The van der Waals surface area contributed by atoms with E-state index in [0.29, 0.717) is 23.9 Å². The monoisotopic (exact) mass is 439 g/mol. The Bertz CT molecular complexity index is 1020. The third-order valence-corrected chi connectivity index (χ3v) is 6.27. The Hall–Kier alpha value is -2.97. The molecule has 1 fully saturated rings. The first-order chi connectivity index (χ1) is 15.0. The molecule has 1 amide bonds. The van der Waals surface area contributed by atoms with E-state index in [2.05, 4.69) is 22.0 Å². The van der Waals surface area contributed by atoms with Crippen molar-refractivity contribution >= 4 is 23.2 Å². The molecule has 3 aromatic rings. The van der Waals surface area contributed by atoms with E-state index in [4.69, 9.17) is 9.15 Å². The molecule has 1 saturated heterocycles. The van der Waals surface area contributed by atoms with E-state index in [1.807, 2.05) is 18.2 Å². The van der Waals surface area contributed by atoms with Gasteiger partial charge in [0, 0.05) is 37.6 Å². The number of aromatic nitrogens is 1. The average Bonchev–Trinajstić information content (AvgIpc) is 3.44. The highest BCUT2D eigenvalue weighted by Gasteiger charge is 2.29. The molecule has 1 atom stereocenters. The predicted octanol–water partition coefficient (Wildman–Crippen LogP) is 3.60. The highest BCUT2D eigenvalue weighted by atomic mass is 32.1. The molecule has 0 saturated carbocycles. The first-order valence-corrected chi connectivity index (χ1v) is 11.1. The van der Waals surface area contributed by atoms with Crippen molar-refractivity contribution in [2.24, 2.45) is 0 Å². The minimum absolute atomic E-state index is 0.174. The number of carbonyl (C=O) groups excluding carboxylic acids is 2. The van der Waals surface area contributed by atoms with Crippen LogP contribution in [-0.2, 0) is 16.1 Å². The number of carbonyl (C=O) groups is 2. The van der Waals surface area contributed by atoms with Gasteiger partial charge in [-0.05, 0) is 31.5 Å². The number of nitrogens with zero attached hydrogens (tertiary/aromatic N) is 3. The number of hydrogen-bond acceptors (Lipinski definition) is 7. The second kappa shape index (κ2) is 9.45. The molecule has 8 heteroatoms. The molecule has 31 heavy (non-hydrogen) atoms. The van der Waals surface area contributed by atoms with Crippen LogP contribution >= 0.6 is 11.3 Å². The van der Waals surface area contributed by atoms with Crippen LogP contribution < -0.4 is 0 Å². The van der Waals surface area contributed by atoms with Crippen LogP contribution in [0.4, 0.5) is 0 Å². The summed E-state index contributed by atoms with van der Waals surface area (Å²) < 4.78 is 10.8. The van der Waals surface area contributed by atoms with E-state index < -0.39 is 12.1 Å². The van der Waals surface area contributed by atoms with Crippen LogP contribution in [0.15, 0.2) is 53.1 Å². The van der Waals surface area contributed by atoms with Gasteiger partial charge >= 0.3 is 5.97 Å². The number of furan rings is 1. The number of hydrogen-bond donors (Lipinski definition) is 0. The second-order valence-electron chi connectivity index (χ2n) is 7.54. The number of ether oxygens (including phenoxy) is 1. The van der Waals surface area contributed by atoms with Crippen molar-refractivity contribution in [3.63, 3.8) is 0 Å². The van der Waals surface area contributed by atoms with Crippen molar-refractivity contribution < 1.29 is 18.7 Å². The van der Waals surface area contributed by atoms with Gasteiger partial charge in [-0.15, -0.1) is 11.3 Å². The van der Waals surface area contributed by atoms with Crippen molar-refractivity contribution in [1.29, 1.82) is 0 Å². The molecule has 1 aromatic carbocycles. The average molecular weight is 440 g/mol. The normalized spacial score (nSPS) is 15.6. The van der Waals surface area contributed by atoms with Crippen molar-refractivity contribution in [2.45, 2.75) is 26.5 Å². The van der Waals surface area contributed by atoms with E-state index in [-0.39, 0.29) is 11.6 Å². The molecule has 0 spiro atoms. The van der Waals surface area contributed by atoms with E-state index in [9.17, 15) is 9.59 Å². The SMILES string of the molecule is Cc1sc(-c2ccco2)nc1C(=O)OC(C)C(=O)N1CCN(Cc2ccccc2)CC1. The molecule has 162 valence electrons. The summed E-state index contributed by atoms with van der Waals surface area (Å²) in [6.45, 7) is 7.11. The molecule has 2 aromatic heterocycles.